The van der Waals surface area contributed by atoms with Crippen LogP contribution < -0.4 is 4.31 Å². The zero-order chi connectivity index (χ0) is 17.9. The van der Waals surface area contributed by atoms with Gasteiger partial charge in [-0.05, 0) is 34.1 Å². The maximum absolute atomic E-state index is 12.9. The van der Waals surface area contributed by atoms with Gasteiger partial charge in [0.2, 0.25) is 0 Å². The Hall–Kier alpha value is -2.46. The van der Waals surface area contributed by atoms with E-state index in [9.17, 15) is 23.3 Å². The van der Waals surface area contributed by atoms with Crippen molar-refractivity contribution in [2.75, 3.05) is 10.8 Å². The molecule has 0 unspecified atom stereocenters. The molecule has 0 bridgehead atoms. The summed E-state index contributed by atoms with van der Waals surface area (Å²) in [7, 11) is -4.47. The first-order chi connectivity index (χ1) is 11.2. The number of halogens is 1. The summed E-state index contributed by atoms with van der Waals surface area (Å²) in [6, 6.07) is 10.9. The maximum Gasteiger partial charge on any atom is 0.324 e. The lowest BCUT2D eigenvalue weighted by molar-refractivity contribution is -0.387. The fraction of sp³-hybridized carbons (Fsp3) is 0.0714. The highest BCUT2D eigenvalue weighted by Crippen LogP contribution is 2.33. The summed E-state index contributed by atoms with van der Waals surface area (Å²) in [6.45, 7) is -0.878. The summed E-state index contributed by atoms with van der Waals surface area (Å²) in [4.78, 5) is 20.8. The minimum atomic E-state index is -4.47. The number of carboxylic acid groups (broad SMARTS) is 1. The first-order valence-corrected chi connectivity index (χ1v) is 8.71. The Labute approximate surface area is 145 Å². The van der Waals surface area contributed by atoms with Crippen LogP contribution in [0.15, 0.2) is 57.9 Å². The van der Waals surface area contributed by atoms with Gasteiger partial charge in [-0.1, -0.05) is 24.3 Å². The van der Waals surface area contributed by atoms with Crippen molar-refractivity contribution < 1.29 is 23.2 Å². The van der Waals surface area contributed by atoms with Gasteiger partial charge in [-0.15, -0.1) is 0 Å². The first kappa shape index (κ1) is 17.9. The topological polar surface area (TPSA) is 118 Å². The fourth-order valence-corrected chi connectivity index (χ4v) is 4.23. The molecule has 2 rings (SSSR count). The second-order valence-electron chi connectivity index (χ2n) is 4.58. The molecular formula is C14H11BrN2O6S. The van der Waals surface area contributed by atoms with Gasteiger partial charge in [-0.25, -0.2) is 8.42 Å². The van der Waals surface area contributed by atoms with Crippen LogP contribution in [0, 0.1) is 10.1 Å². The van der Waals surface area contributed by atoms with Gasteiger partial charge >= 0.3 is 5.97 Å². The van der Waals surface area contributed by atoms with Crippen molar-refractivity contribution in [2.45, 2.75) is 4.90 Å². The predicted molar refractivity (Wildman–Crippen MR) is 89.4 cm³/mol. The van der Waals surface area contributed by atoms with Crippen LogP contribution in [0.2, 0.25) is 0 Å². The number of sulfonamides is 1. The number of hydrogen-bond donors (Lipinski definition) is 1. The van der Waals surface area contributed by atoms with Gasteiger partial charge in [0.05, 0.1) is 10.6 Å². The van der Waals surface area contributed by atoms with Gasteiger partial charge in [0.25, 0.3) is 15.7 Å². The summed E-state index contributed by atoms with van der Waals surface area (Å²) in [5, 5.41) is 20.2. The zero-order valence-corrected chi connectivity index (χ0v) is 14.4. The molecule has 0 spiro atoms. The Bertz CT molecular complexity index is 900. The number of rotatable bonds is 6. The summed E-state index contributed by atoms with van der Waals surface area (Å²) in [5.41, 5.74) is -0.557. The SMILES string of the molecule is O=C(O)CN(c1ccccc1Br)S(=O)(=O)c1ccccc1[N+](=O)[O-]. The smallest absolute Gasteiger partial charge is 0.324 e. The second-order valence-corrected chi connectivity index (χ2v) is 7.27. The lowest BCUT2D eigenvalue weighted by atomic mass is 10.3. The Morgan fingerprint density at radius 3 is 2.33 bits per heavy atom. The van der Waals surface area contributed by atoms with Crippen LogP contribution in [0.5, 0.6) is 0 Å². The van der Waals surface area contributed by atoms with Gasteiger partial charge in [0, 0.05) is 10.5 Å². The number of anilines is 1. The first-order valence-electron chi connectivity index (χ1n) is 6.47. The van der Waals surface area contributed by atoms with Crippen molar-refractivity contribution in [3.8, 4) is 0 Å². The predicted octanol–water partition coefficient (Wildman–Crippen LogP) is 2.64. The quantitative estimate of drug-likeness (QED) is 0.573. The van der Waals surface area contributed by atoms with E-state index >= 15 is 0 Å². The highest BCUT2D eigenvalue weighted by molar-refractivity contribution is 9.10. The number of hydrogen-bond acceptors (Lipinski definition) is 5. The molecule has 24 heavy (non-hydrogen) atoms. The number of nitro benzene ring substituents is 1. The molecule has 0 saturated heterocycles. The molecule has 8 nitrogen and oxygen atoms in total. The molecule has 0 aliphatic carbocycles. The fourth-order valence-electron chi connectivity index (χ4n) is 2.02. The van der Waals surface area contributed by atoms with Crippen molar-refractivity contribution in [1.29, 1.82) is 0 Å². The summed E-state index contributed by atoms with van der Waals surface area (Å²) < 4.78 is 26.7. The standard InChI is InChI=1S/C14H11BrN2O6S/c15-10-5-1-2-6-11(10)16(9-14(18)19)24(22,23)13-8-4-3-7-12(13)17(20)21/h1-8H,9H2,(H,18,19). The van der Waals surface area contributed by atoms with E-state index < -0.39 is 38.0 Å². The Balaban J connectivity index is 2.68. The molecule has 0 radical (unpaired) electrons. The van der Waals surface area contributed by atoms with Crippen molar-refractivity contribution in [2.24, 2.45) is 0 Å². The van der Waals surface area contributed by atoms with E-state index in [1.165, 1.54) is 24.3 Å². The second kappa shape index (κ2) is 6.97. The molecule has 10 heteroatoms. The Morgan fingerprint density at radius 2 is 1.75 bits per heavy atom. The largest absolute Gasteiger partial charge is 0.480 e. The lowest BCUT2D eigenvalue weighted by Gasteiger charge is -2.23. The van der Waals surface area contributed by atoms with Gasteiger partial charge in [-0.2, -0.15) is 0 Å². The molecule has 0 aromatic heterocycles. The minimum Gasteiger partial charge on any atom is -0.480 e. The number of carboxylic acids is 1. The van der Waals surface area contributed by atoms with Crippen LogP contribution in [0.1, 0.15) is 0 Å². The average molecular weight is 415 g/mol. The van der Waals surface area contributed by atoms with E-state index in [0.717, 1.165) is 12.1 Å². The number of carbonyl (C=O) groups is 1. The molecule has 1 N–H and O–H groups in total. The maximum atomic E-state index is 12.9. The Morgan fingerprint density at radius 1 is 1.17 bits per heavy atom. The highest BCUT2D eigenvalue weighted by atomic mass is 79.9. The van der Waals surface area contributed by atoms with Crippen LogP contribution in [-0.2, 0) is 14.8 Å². The molecule has 0 heterocycles. The Kier molecular flexibility index (Phi) is 5.20. The number of aliphatic carboxylic acids is 1. The molecule has 2 aromatic rings. The van der Waals surface area contributed by atoms with Crippen molar-refractivity contribution >= 4 is 43.3 Å². The number of nitrogens with zero attached hydrogens (tertiary/aromatic N) is 2. The third-order valence-electron chi connectivity index (χ3n) is 3.03. The van der Waals surface area contributed by atoms with Gasteiger partial charge < -0.3 is 5.11 Å². The number of para-hydroxylation sites is 2. The molecule has 126 valence electrons. The molecule has 0 saturated carbocycles. The number of nitro groups is 1. The van der Waals surface area contributed by atoms with E-state index in [1.54, 1.807) is 12.1 Å². The van der Waals surface area contributed by atoms with Crippen LogP contribution in [0.3, 0.4) is 0 Å². The minimum absolute atomic E-state index is 0.0676. The molecule has 0 amide bonds. The molecule has 0 aliphatic rings. The molecule has 2 aromatic carbocycles. The lowest BCUT2D eigenvalue weighted by Crippen LogP contribution is -2.36. The monoisotopic (exact) mass is 414 g/mol. The molecule has 0 atom stereocenters. The van der Waals surface area contributed by atoms with E-state index in [4.69, 9.17) is 5.11 Å². The molecular weight excluding hydrogens is 404 g/mol. The van der Waals surface area contributed by atoms with Gasteiger partial charge in [0.15, 0.2) is 4.90 Å². The van der Waals surface area contributed by atoms with E-state index in [1.807, 2.05) is 0 Å². The van der Waals surface area contributed by atoms with Crippen LogP contribution in [0.25, 0.3) is 0 Å². The summed E-state index contributed by atoms with van der Waals surface area (Å²) >= 11 is 3.17. The van der Waals surface area contributed by atoms with Crippen molar-refractivity contribution in [3.05, 3.63) is 63.1 Å². The summed E-state index contributed by atoms with van der Waals surface area (Å²) in [6.07, 6.45) is 0. The van der Waals surface area contributed by atoms with Crippen LogP contribution >= 0.6 is 15.9 Å². The zero-order valence-electron chi connectivity index (χ0n) is 12.0. The van der Waals surface area contributed by atoms with E-state index in [-0.39, 0.29) is 5.69 Å². The van der Waals surface area contributed by atoms with Crippen LogP contribution in [-0.4, -0.2) is 31.0 Å². The molecule has 0 aliphatic heterocycles. The van der Waals surface area contributed by atoms with Gasteiger partial charge in [-0.3, -0.25) is 19.2 Å². The van der Waals surface area contributed by atoms with Crippen LogP contribution in [0.4, 0.5) is 11.4 Å². The highest BCUT2D eigenvalue weighted by Gasteiger charge is 2.33. The summed E-state index contributed by atoms with van der Waals surface area (Å²) in [5.74, 6) is -1.40. The molecule has 0 fully saturated rings. The number of benzene rings is 2. The third-order valence-corrected chi connectivity index (χ3v) is 5.51. The van der Waals surface area contributed by atoms with E-state index in [0.29, 0.717) is 8.78 Å². The van der Waals surface area contributed by atoms with Gasteiger partial charge in [0.1, 0.15) is 6.54 Å². The normalized spacial score (nSPS) is 11.0. The van der Waals surface area contributed by atoms with Crippen molar-refractivity contribution in [1.82, 2.24) is 0 Å². The van der Waals surface area contributed by atoms with E-state index in [2.05, 4.69) is 15.9 Å². The van der Waals surface area contributed by atoms with Crippen molar-refractivity contribution in [3.63, 3.8) is 0 Å². The average Bonchev–Trinajstić information content (AvgIpc) is 2.53. The third kappa shape index (κ3) is 3.54.